The Bertz CT molecular complexity index is 2280. The summed E-state index contributed by atoms with van der Waals surface area (Å²) in [7, 11) is 0. The number of fused-ring (bicyclic) bond motifs is 6. The smallest absolute Gasteiger partial charge is 0.0449 e. The third kappa shape index (κ3) is 4.88. The minimum Gasteiger partial charge on any atom is -0.134 e. The molecule has 0 fully saturated rings. The summed E-state index contributed by atoms with van der Waals surface area (Å²) in [6.07, 6.45) is 4.47. The second-order valence-electron chi connectivity index (χ2n) is 14.7. The second kappa shape index (κ2) is 12.3. The molecule has 3 aromatic heterocycles. The number of aryl methyl sites for hydroxylation is 2. The molecular formula is C48H44S3. The van der Waals surface area contributed by atoms with Gasteiger partial charge in [0.2, 0.25) is 0 Å². The minimum atomic E-state index is 0.0913. The molecule has 0 saturated carbocycles. The van der Waals surface area contributed by atoms with Gasteiger partial charge in [-0.15, -0.1) is 34.0 Å². The number of hydrogen-bond acceptors (Lipinski definition) is 3. The summed E-state index contributed by atoms with van der Waals surface area (Å²) in [4.78, 5) is 8.07. The average molecular weight is 717 g/mol. The lowest BCUT2D eigenvalue weighted by atomic mass is 9.73. The molecule has 2 aliphatic rings. The van der Waals surface area contributed by atoms with Crippen molar-refractivity contribution in [3.05, 3.63) is 143 Å². The molecule has 0 nitrogen and oxygen atoms in total. The van der Waals surface area contributed by atoms with Gasteiger partial charge in [-0.25, -0.2) is 0 Å². The van der Waals surface area contributed by atoms with Crippen LogP contribution < -0.4 is 0 Å². The van der Waals surface area contributed by atoms with Crippen molar-refractivity contribution in [2.45, 2.75) is 78.1 Å². The van der Waals surface area contributed by atoms with Crippen LogP contribution in [0.1, 0.15) is 86.8 Å². The van der Waals surface area contributed by atoms with E-state index >= 15 is 0 Å². The Hall–Kier alpha value is -4.02. The predicted octanol–water partition coefficient (Wildman–Crippen LogP) is 15.3. The van der Waals surface area contributed by atoms with Crippen molar-refractivity contribution in [1.82, 2.24) is 0 Å². The van der Waals surface area contributed by atoms with Gasteiger partial charge in [0.05, 0.1) is 0 Å². The lowest BCUT2D eigenvalue weighted by molar-refractivity contribution is 0.490. The van der Waals surface area contributed by atoms with Gasteiger partial charge in [-0.1, -0.05) is 99.5 Å². The molecule has 51 heavy (non-hydrogen) atoms. The van der Waals surface area contributed by atoms with Crippen LogP contribution in [0.5, 0.6) is 0 Å². The zero-order valence-electron chi connectivity index (χ0n) is 30.4. The van der Waals surface area contributed by atoms with Crippen LogP contribution in [-0.4, -0.2) is 0 Å². The number of benzene rings is 4. The van der Waals surface area contributed by atoms with E-state index in [1.54, 1.807) is 0 Å². The quantitative estimate of drug-likeness (QED) is 0.147. The van der Waals surface area contributed by atoms with Crippen LogP contribution >= 0.6 is 34.0 Å². The summed E-state index contributed by atoms with van der Waals surface area (Å²) < 4.78 is 0. The second-order valence-corrected chi connectivity index (χ2v) is 17.9. The van der Waals surface area contributed by atoms with E-state index in [0.29, 0.717) is 0 Å². The molecular weight excluding hydrogens is 673 g/mol. The third-order valence-electron chi connectivity index (χ3n) is 12.3. The zero-order chi connectivity index (χ0) is 35.1. The Morgan fingerprint density at radius 3 is 1.00 bits per heavy atom. The summed E-state index contributed by atoms with van der Waals surface area (Å²) in [6, 6.07) is 42.5. The molecule has 254 valence electrons. The molecule has 0 radical (unpaired) electrons. The predicted molar refractivity (Wildman–Crippen MR) is 225 cm³/mol. The van der Waals surface area contributed by atoms with Crippen molar-refractivity contribution >= 4 is 34.0 Å². The summed E-state index contributed by atoms with van der Waals surface area (Å²) in [5.74, 6) is 0. The highest BCUT2D eigenvalue weighted by Crippen LogP contribution is 2.56. The van der Waals surface area contributed by atoms with E-state index in [0.717, 1.165) is 25.7 Å². The summed E-state index contributed by atoms with van der Waals surface area (Å²) in [5.41, 5.74) is 17.3. The normalized spacial score (nSPS) is 14.7. The van der Waals surface area contributed by atoms with Crippen molar-refractivity contribution in [3.63, 3.8) is 0 Å². The first-order valence-electron chi connectivity index (χ1n) is 18.7. The van der Waals surface area contributed by atoms with Crippen molar-refractivity contribution in [3.8, 4) is 62.6 Å². The van der Waals surface area contributed by atoms with Gasteiger partial charge in [0.15, 0.2) is 0 Å². The van der Waals surface area contributed by atoms with Gasteiger partial charge in [0, 0.05) is 40.1 Å². The molecule has 0 atom stereocenters. The molecule has 0 saturated heterocycles. The van der Waals surface area contributed by atoms with E-state index in [1.165, 1.54) is 96.0 Å². The maximum atomic E-state index is 2.50. The fraction of sp³-hybridized carbons (Fsp3) is 0.250. The van der Waals surface area contributed by atoms with Crippen LogP contribution in [0, 0.1) is 13.8 Å². The van der Waals surface area contributed by atoms with E-state index in [2.05, 4.69) is 151 Å². The summed E-state index contributed by atoms with van der Waals surface area (Å²) >= 11 is 5.76. The number of hydrogen-bond donors (Lipinski definition) is 0. The lowest BCUT2D eigenvalue weighted by Crippen LogP contribution is -2.23. The first-order valence-corrected chi connectivity index (χ1v) is 21.1. The van der Waals surface area contributed by atoms with Crippen LogP contribution in [0.4, 0.5) is 0 Å². The molecule has 4 aromatic carbocycles. The van der Waals surface area contributed by atoms with E-state index in [4.69, 9.17) is 0 Å². The highest BCUT2D eigenvalue weighted by atomic mass is 32.1. The molecule has 0 amide bonds. The molecule has 0 spiro atoms. The molecule has 0 aliphatic heterocycles. The van der Waals surface area contributed by atoms with Crippen LogP contribution in [-0.2, 0) is 10.8 Å². The van der Waals surface area contributed by atoms with Gasteiger partial charge in [-0.05, 0) is 144 Å². The molecule has 0 N–H and O–H groups in total. The Balaban J connectivity index is 0.997. The van der Waals surface area contributed by atoms with Crippen molar-refractivity contribution < 1.29 is 0 Å². The highest BCUT2D eigenvalue weighted by molar-refractivity contribution is 7.27. The number of thiophene rings is 3. The maximum Gasteiger partial charge on any atom is 0.0449 e. The largest absolute Gasteiger partial charge is 0.134 e. The van der Waals surface area contributed by atoms with E-state index in [-0.39, 0.29) is 10.8 Å². The fourth-order valence-corrected chi connectivity index (χ4v) is 12.6. The molecule has 7 aromatic rings. The van der Waals surface area contributed by atoms with Crippen molar-refractivity contribution in [2.75, 3.05) is 0 Å². The Kier molecular flexibility index (Phi) is 7.92. The SMILES string of the molecule is CCC1(CC)c2cc(C)ccc2-c2ccc(-c3ccc(-c4ccc(-c5ccc(-c6ccc7c(c6)C(CC)(CC)c6cc(C)ccc6-7)s5)s4)s3)cc21. The average Bonchev–Trinajstić information content (AvgIpc) is 3.99. The van der Waals surface area contributed by atoms with E-state index in [9.17, 15) is 0 Å². The molecule has 3 heteroatoms. The lowest BCUT2D eigenvalue weighted by Gasteiger charge is -2.30. The maximum absolute atomic E-state index is 2.50. The van der Waals surface area contributed by atoms with Crippen molar-refractivity contribution in [2.24, 2.45) is 0 Å². The molecule has 0 bridgehead atoms. The van der Waals surface area contributed by atoms with Crippen molar-refractivity contribution in [1.29, 1.82) is 0 Å². The van der Waals surface area contributed by atoms with Gasteiger partial charge in [0.25, 0.3) is 0 Å². The standard InChI is InChI=1S/C48H44S3/c1-7-47(8-2)37-25-29(5)11-15-33(37)35-17-13-31(27-39(35)47)41-19-21-43(49-41)45-23-24-46(51-45)44-22-20-42(50-44)32-14-18-36-34-16-12-30(6)26-38(34)48(9-3,10-4)40(36)28-32/h11-28H,7-10H2,1-6H3. The Labute approximate surface area is 315 Å². The van der Waals surface area contributed by atoms with E-state index in [1.807, 2.05) is 34.0 Å². The highest BCUT2D eigenvalue weighted by Gasteiger charge is 2.42. The molecule has 3 heterocycles. The molecule has 2 aliphatic carbocycles. The third-order valence-corrected chi connectivity index (χ3v) is 16.1. The van der Waals surface area contributed by atoms with Crippen LogP contribution in [0.2, 0.25) is 0 Å². The van der Waals surface area contributed by atoms with Crippen LogP contribution in [0.25, 0.3) is 62.6 Å². The first-order chi connectivity index (χ1) is 24.8. The molecule has 0 unspecified atom stereocenters. The van der Waals surface area contributed by atoms with Crippen LogP contribution in [0.15, 0.2) is 109 Å². The van der Waals surface area contributed by atoms with Gasteiger partial charge in [0.1, 0.15) is 0 Å². The number of rotatable bonds is 8. The van der Waals surface area contributed by atoms with Gasteiger partial charge < -0.3 is 0 Å². The van der Waals surface area contributed by atoms with Crippen LogP contribution in [0.3, 0.4) is 0 Å². The van der Waals surface area contributed by atoms with Gasteiger partial charge in [-0.2, -0.15) is 0 Å². The van der Waals surface area contributed by atoms with Gasteiger partial charge >= 0.3 is 0 Å². The van der Waals surface area contributed by atoms with Gasteiger partial charge in [-0.3, -0.25) is 0 Å². The first kappa shape index (κ1) is 32.9. The summed E-state index contributed by atoms with van der Waals surface area (Å²) in [5, 5.41) is 0. The Morgan fingerprint density at radius 1 is 0.353 bits per heavy atom. The zero-order valence-corrected chi connectivity index (χ0v) is 32.9. The minimum absolute atomic E-state index is 0.0913. The summed E-state index contributed by atoms with van der Waals surface area (Å²) in [6.45, 7) is 13.9. The molecule has 9 rings (SSSR count). The Morgan fingerprint density at radius 2 is 0.647 bits per heavy atom. The topological polar surface area (TPSA) is 0 Å². The van der Waals surface area contributed by atoms with E-state index < -0.39 is 0 Å². The fourth-order valence-electron chi connectivity index (χ4n) is 9.40. The monoisotopic (exact) mass is 716 g/mol.